The van der Waals surface area contributed by atoms with Crippen LogP contribution < -0.4 is 42.5 Å². The van der Waals surface area contributed by atoms with Crippen LogP contribution >= 0.6 is 0 Å². The molecule has 15 rings (SSSR count). The number of hydrogen-bond donors (Lipinski definition) is 8. The molecule has 5 aliphatic heterocycles. The van der Waals surface area contributed by atoms with Gasteiger partial charge in [-0.2, -0.15) is 0 Å². The molecule has 0 radical (unpaired) electrons. The van der Waals surface area contributed by atoms with Crippen LogP contribution in [0.1, 0.15) is 278 Å². The number of hydrogen-bond acceptors (Lipinski definition) is 20. The topological polar surface area (TPSA) is 229 Å². The van der Waals surface area contributed by atoms with E-state index in [9.17, 15) is 0 Å². The van der Waals surface area contributed by atoms with E-state index in [0.29, 0.717) is 63.3 Å². The first-order valence-electron chi connectivity index (χ1n) is 47.5. The highest BCUT2D eigenvalue weighted by atomic mass is 16.5. The standard InChI is InChI=1S/C98H146N14O6/c1-9-17-25-27-29-63-31-32-64(30-28-26-18-10-2)78-77(63)91-105-92(78)107-94-80-82(88(116-60-22-14-6)74(68-39-51-102-52-40-68)72(66-35-47-100-48-36-66)86(80)114-58-20-12-4)96(109-94)111-98-84-83(89(117-61-23-15-7)75(69-41-53-103-54-42-69)76(70-43-55-104-56-44-70)90(84)118-62-24-16-8)97(112-98)110-95-81-79(93(106-91)108-95)85(113-57-19-11-3)71(65-33-45-99-46-34-65)73(67-37-49-101-50-38-67)87(81)115-59-21-13-5/h33-56,63-64,71-98,105-112H,9-32,57-62H2,1-8H3. The molecule has 8 bridgehead atoms. The quantitative estimate of drug-likeness (QED) is 0.0167. The third kappa shape index (κ3) is 19.3. The second-order valence-electron chi connectivity index (χ2n) is 36.5. The Morgan fingerprint density at radius 3 is 0.559 bits per heavy atom. The molecule has 9 fully saturated rings. The first kappa shape index (κ1) is 87.2. The van der Waals surface area contributed by atoms with Crippen LogP contribution in [0.2, 0.25) is 0 Å². The average molecular weight is 1620 g/mol. The molecule has 0 spiro atoms. The maximum Gasteiger partial charge on any atom is 0.0711 e. The first-order chi connectivity index (χ1) is 58.3. The summed E-state index contributed by atoms with van der Waals surface area (Å²) in [4.78, 5) is 28.5. The lowest BCUT2D eigenvalue weighted by molar-refractivity contribution is -0.134. The van der Waals surface area contributed by atoms with Gasteiger partial charge in [0.05, 0.1) is 86.0 Å². The predicted molar refractivity (Wildman–Crippen MR) is 467 cm³/mol. The lowest BCUT2D eigenvalue weighted by Gasteiger charge is -2.53. The first-order valence-corrected chi connectivity index (χ1v) is 47.5. The van der Waals surface area contributed by atoms with Gasteiger partial charge in [-0.3, -0.25) is 72.4 Å². The van der Waals surface area contributed by atoms with Gasteiger partial charge in [0, 0.05) is 185 Å². The third-order valence-corrected chi connectivity index (χ3v) is 29.5. The van der Waals surface area contributed by atoms with Gasteiger partial charge in [-0.1, -0.05) is 158 Å². The van der Waals surface area contributed by atoms with Crippen LogP contribution in [-0.4, -0.2) is 155 Å². The Labute approximate surface area is 707 Å². The molecule has 6 aromatic rings. The summed E-state index contributed by atoms with van der Waals surface area (Å²) < 4.78 is 47.9. The molecule has 0 amide bonds. The van der Waals surface area contributed by atoms with E-state index in [-0.39, 0.29) is 157 Å². The molecule has 20 heteroatoms. The Bertz CT molecular complexity index is 3600. The van der Waals surface area contributed by atoms with Crippen LogP contribution in [0.5, 0.6) is 0 Å². The summed E-state index contributed by atoms with van der Waals surface area (Å²) in [6, 6.07) is 27.2. The minimum absolute atomic E-state index is 0.0739. The summed E-state index contributed by atoms with van der Waals surface area (Å²) in [7, 11) is 0. The van der Waals surface area contributed by atoms with Crippen molar-refractivity contribution in [3.63, 3.8) is 0 Å². The molecule has 20 nitrogen and oxygen atoms in total. The Morgan fingerprint density at radius 2 is 0.390 bits per heavy atom. The van der Waals surface area contributed by atoms with E-state index in [1.807, 2.05) is 74.4 Å². The Hall–Kier alpha value is -5.66. The summed E-state index contributed by atoms with van der Waals surface area (Å²) in [6.07, 6.45) is 46.8. The van der Waals surface area contributed by atoms with Crippen molar-refractivity contribution in [2.75, 3.05) is 39.6 Å². The fourth-order valence-electron chi connectivity index (χ4n) is 24.3. The normalized spacial score (nSPS) is 36.1. The fourth-order valence-corrected chi connectivity index (χ4v) is 24.3. The summed E-state index contributed by atoms with van der Waals surface area (Å²) in [5.74, 6) is 0.0881. The predicted octanol–water partition coefficient (Wildman–Crippen LogP) is 16.5. The van der Waals surface area contributed by atoms with Crippen LogP contribution in [0.4, 0.5) is 0 Å². The van der Waals surface area contributed by atoms with E-state index in [4.69, 9.17) is 95.5 Å². The Morgan fingerprint density at radius 1 is 0.220 bits per heavy atom. The number of pyridine rings is 6. The van der Waals surface area contributed by atoms with Crippen LogP contribution in [0.25, 0.3) is 0 Å². The monoisotopic (exact) mass is 1620 g/mol. The van der Waals surface area contributed by atoms with Gasteiger partial charge >= 0.3 is 0 Å². The summed E-state index contributed by atoms with van der Waals surface area (Å²) >= 11 is 0. The highest BCUT2D eigenvalue weighted by molar-refractivity contribution is 5.38. The number of unbranched alkanes of at least 4 members (excludes halogenated alkanes) is 12. The molecule has 11 heterocycles. The van der Waals surface area contributed by atoms with E-state index in [1.165, 1.54) is 110 Å². The molecule has 6 aromatic heterocycles. The van der Waals surface area contributed by atoms with Gasteiger partial charge in [0.2, 0.25) is 0 Å². The molecular weight excluding hydrogens is 1470 g/mol. The molecular formula is C98H146N14O6. The Kier molecular flexibility index (Phi) is 32.2. The average Bonchev–Trinajstić information content (AvgIpc) is 1.52. The second kappa shape index (κ2) is 43.6. The van der Waals surface area contributed by atoms with E-state index in [1.54, 1.807) is 0 Å². The zero-order valence-corrected chi connectivity index (χ0v) is 72.5. The lowest BCUT2D eigenvalue weighted by atomic mass is 9.59. The van der Waals surface area contributed by atoms with Crippen molar-refractivity contribution >= 4 is 0 Å². The SMILES string of the molecule is CCCCCCC1CCC(CCCCCC)C2C3NC(NC4NC(NC5NC(NC6NC(N3)C3C(OCCCC)C(c7ccncc7)C(c7ccncc7)C(OCCCC)C63)C3C(OCCCC)C(c6ccncc6)C(c6ccncc6)C(OCCCC)C53)C3C(OCCCC)C(c5ccncc5)C(c5ccncc5)C(OCCCC)C43)C12. The smallest absolute Gasteiger partial charge is 0.0711 e. The maximum absolute atomic E-state index is 8.00. The molecule has 0 aromatic carbocycles. The van der Waals surface area contributed by atoms with Gasteiger partial charge in [-0.15, -0.1) is 0 Å². The molecule has 8 N–H and O–H groups in total. The molecule has 118 heavy (non-hydrogen) atoms. The summed E-state index contributed by atoms with van der Waals surface area (Å²) in [5.41, 5.74) is 7.28. The molecule has 644 valence electrons. The minimum atomic E-state index is -0.357. The van der Waals surface area contributed by atoms with E-state index in [2.05, 4.69) is 134 Å². The van der Waals surface area contributed by atoms with Gasteiger partial charge in [0.25, 0.3) is 0 Å². The summed E-state index contributed by atoms with van der Waals surface area (Å²) in [5, 5.41) is 38.0. The van der Waals surface area contributed by atoms with Gasteiger partial charge in [0.15, 0.2) is 0 Å². The highest BCUT2D eigenvalue weighted by Gasteiger charge is 2.68. The number of nitrogens with zero attached hydrogens (tertiary/aromatic N) is 6. The fraction of sp³-hybridized carbons (Fsp3) is 0.694. The molecule has 4 aliphatic carbocycles. The highest BCUT2D eigenvalue weighted by Crippen LogP contribution is 2.61. The van der Waals surface area contributed by atoms with Crippen molar-refractivity contribution in [2.45, 2.75) is 331 Å². The van der Waals surface area contributed by atoms with Gasteiger partial charge in [-0.05, 0) is 181 Å². The number of aromatic nitrogens is 6. The summed E-state index contributed by atoms with van der Waals surface area (Å²) in [6.45, 7) is 22.3. The van der Waals surface area contributed by atoms with Crippen molar-refractivity contribution in [3.8, 4) is 0 Å². The van der Waals surface area contributed by atoms with Gasteiger partial charge in [0.1, 0.15) is 0 Å². The zero-order chi connectivity index (χ0) is 81.1. The third-order valence-electron chi connectivity index (χ3n) is 29.5. The van der Waals surface area contributed by atoms with Crippen molar-refractivity contribution in [2.24, 2.45) is 59.2 Å². The number of ether oxygens (including phenoxy) is 6. The van der Waals surface area contributed by atoms with Crippen molar-refractivity contribution < 1.29 is 28.4 Å². The van der Waals surface area contributed by atoms with Crippen molar-refractivity contribution in [1.29, 1.82) is 0 Å². The van der Waals surface area contributed by atoms with Crippen LogP contribution in [0, 0.1) is 59.2 Å². The van der Waals surface area contributed by atoms with Gasteiger partial charge < -0.3 is 28.4 Å². The van der Waals surface area contributed by atoms with Crippen LogP contribution in [-0.2, 0) is 28.4 Å². The van der Waals surface area contributed by atoms with E-state index >= 15 is 0 Å². The molecule has 30 atom stereocenters. The zero-order valence-electron chi connectivity index (χ0n) is 72.5. The number of fused-ring (bicyclic) bond motifs is 20. The van der Waals surface area contributed by atoms with E-state index < -0.39 is 0 Å². The lowest BCUT2D eigenvalue weighted by Crippen LogP contribution is -2.62. The second-order valence-corrected chi connectivity index (χ2v) is 36.5. The maximum atomic E-state index is 8.00. The van der Waals surface area contributed by atoms with Gasteiger partial charge in [-0.25, -0.2) is 0 Å². The van der Waals surface area contributed by atoms with E-state index in [0.717, 1.165) is 77.0 Å². The van der Waals surface area contributed by atoms with Crippen LogP contribution in [0.3, 0.4) is 0 Å². The molecule has 9 aliphatic rings. The van der Waals surface area contributed by atoms with Crippen molar-refractivity contribution in [3.05, 3.63) is 181 Å². The molecule has 30 unspecified atom stereocenters. The minimum Gasteiger partial charge on any atom is -0.377 e. The molecule has 5 saturated heterocycles. The van der Waals surface area contributed by atoms with Crippen molar-refractivity contribution in [1.82, 2.24) is 72.4 Å². The molecule has 4 saturated carbocycles. The largest absolute Gasteiger partial charge is 0.377 e. The van der Waals surface area contributed by atoms with Crippen LogP contribution in [0.15, 0.2) is 147 Å². The Balaban J connectivity index is 0.988. The number of rotatable bonds is 40. The number of nitrogens with one attached hydrogen (secondary N) is 8.